The second-order valence-corrected chi connectivity index (χ2v) is 6.28. The molecule has 5 nitrogen and oxygen atoms in total. The van der Waals surface area contributed by atoms with Crippen molar-refractivity contribution in [3.63, 3.8) is 0 Å². The molecule has 1 heterocycles. The quantitative estimate of drug-likeness (QED) is 0.810. The number of rotatable bonds is 5. The normalized spacial score (nSPS) is 14.8. The molecular formula is C20H19F2N3O2. The number of carbonyl (C=O) groups is 1. The summed E-state index contributed by atoms with van der Waals surface area (Å²) in [4.78, 5) is 16.6. The molecule has 0 unspecified atom stereocenters. The van der Waals surface area contributed by atoms with Gasteiger partial charge in [0.05, 0.1) is 11.6 Å². The Kier molecular flexibility index (Phi) is 5.99. The van der Waals surface area contributed by atoms with Crippen molar-refractivity contribution in [2.75, 3.05) is 26.2 Å². The zero-order chi connectivity index (χ0) is 19.2. The predicted molar refractivity (Wildman–Crippen MR) is 95.4 cm³/mol. The van der Waals surface area contributed by atoms with Crippen LogP contribution < -0.4 is 4.74 Å². The average molecular weight is 371 g/mol. The molecule has 0 radical (unpaired) electrons. The summed E-state index contributed by atoms with van der Waals surface area (Å²) >= 11 is 0. The SMILES string of the molecule is N#Cc1ccc(CN2CCN(C(=O)c3cccc(OC(F)F)c3)CC2)cc1. The first-order chi connectivity index (χ1) is 13.0. The van der Waals surface area contributed by atoms with Crippen LogP contribution >= 0.6 is 0 Å². The third kappa shape index (κ3) is 5.02. The van der Waals surface area contributed by atoms with Gasteiger partial charge in [0.15, 0.2) is 0 Å². The molecule has 140 valence electrons. The maximum atomic E-state index is 12.6. The predicted octanol–water partition coefficient (Wildman–Crippen LogP) is 3.12. The van der Waals surface area contributed by atoms with E-state index in [4.69, 9.17) is 5.26 Å². The number of nitriles is 1. The van der Waals surface area contributed by atoms with Crippen LogP contribution in [0, 0.1) is 11.3 Å². The Morgan fingerprint density at radius 3 is 2.44 bits per heavy atom. The second kappa shape index (κ2) is 8.60. The molecule has 0 spiro atoms. The molecule has 1 aliphatic rings. The van der Waals surface area contributed by atoms with Crippen molar-refractivity contribution in [1.29, 1.82) is 5.26 Å². The first kappa shape index (κ1) is 18.8. The first-order valence-corrected chi connectivity index (χ1v) is 8.61. The van der Waals surface area contributed by atoms with Crippen molar-refractivity contribution in [2.24, 2.45) is 0 Å². The van der Waals surface area contributed by atoms with Crippen molar-refractivity contribution < 1.29 is 18.3 Å². The number of ether oxygens (including phenoxy) is 1. The van der Waals surface area contributed by atoms with Gasteiger partial charge in [0.25, 0.3) is 5.91 Å². The van der Waals surface area contributed by atoms with E-state index in [1.165, 1.54) is 18.2 Å². The summed E-state index contributed by atoms with van der Waals surface area (Å²) in [5.74, 6) is -0.206. The summed E-state index contributed by atoms with van der Waals surface area (Å²) in [6.07, 6.45) is 0. The van der Waals surface area contributed by atoms with Gasteiger partial charge in [0, 0.05) is 38.3 Å². The van der Waals surface area contributed by atoms with Crippen molar-refractivity contribution in [1.82, 2.24) is 9.80 Å². The number of nitrogens with zero attached hydrogens (tertiary/aromatic N) is 3. The fraction of sp³-hybridized carbons (Fsp3) is 0.300. The van der Waals surface area contributed by atoms with Crippen LogP contribution in [0.5, 0.6) is 5.75 Å². The zero-order valence-electron chi connectivity index (χ0n) is 14.6. The van der Waals surface area contributed by atoms with E-state index in [2.05, 4.69) is 15.7 Å². The van der Waals surface area contributed by atoms with Crippen LogP contribution in [0.25, 0.3) is 0 Å². The molecule has 0 bridgehead atoms. The Morgan fingerprint density at radius 1 is 1.11 bits per heavy atom. The minimum absolute atomic E-state index is 0.0182. The number of amides is 1. The van der Waals surface area contributed by atoms with E-state index in [0.717, 1.165) is 25.2 Å². The van der Waals surface area contributed by atoms with Crippen LogP contribution in [0.2, 0.25) is 0 Å². The number of alkyl halides is 2. The largest absolute Gasteiger partial charge is 0.435 e. The van der Waals surface area contributed by atoms with Crippen LogP contribution in [0.4, 0.5) is 8.78 Å². The van der Waals surface area contributed by atoms with Gasteiger partial charge in [-0.1, -0.05) is 18.2 Å². The Bertz CT molecular complexity index is 826. The fourth-order valence-electron chi connectivity index (χ4n) is 3.04. The molecule has 3 rings (SSSR count). The lowest BCUT2D eigenvalue weighted by Gasteiger charge is -2.34. The molecule has 0 saturated carbocycles. The maximum absolute atomic E-state index is 12.6. The lowest BCUT2D eigenvalue weighted by Crippen LogP contribution is -2.48. The molecule has 0 aliphatic carbocycles. The van der Waals surface area contributed by atoms with Gasteiger partial charge in [-0.15, -0.1) is 0 Å². The van der Waals surface area contributed by atoms with E-state index in [1.54, 1.807) is 23.1 Å². The summed E-state index contributed by atoms with van der Waals surface area (Å²) in [5.41, 5.74) is 2.09. The standard InChI is InChI=1S/C20H19F2N3O2/c21-20(22)27-18-3-1-2-17(12-18)19(26)25-10-8-24(9-11-25)14-16-6-4-15(13-23)5-7-16/h1-7,12,20H,8-11,14H2. The van der Waals surface area contributed by atoms with Gasteiger partial charge in [0.2, 0.25) is 0 Å². The van der Waals surface area contributed by atoms with E-state index in [0.29, 0.717) is 24.2 Å². The highest BCUT2D eigenvalue weighted by Crippen LogP contribution is 2.18. The number of carbonyl (C=O) groups excluding carboxylic acids is 1. The second-order valence-electron chi connectivity index (χ2n) is 6.28. The summed E-state index contributed by atoms with van der Waals surface area (Å²) in [6, 6.07) is 15.4. The monoisotopic (exact) mass is 371 g/mol. The summed E-state index contributed by atoms with van der Waals surface area (Å²) < 4.78 is 29.0. The van der Waals surface area contributed by atoms with Crippen molar-refractivity contribution in [3.05, 3.63) is 65.2 Å². The number of halogens is 2. The minimum Gasteiger partial charge on any atom is -0.435 e. The van der Waals surface area contributed by atoms with Gasteiger partial charge in [-0.3, -0.25) is 9.69 Å². The number of benzene rings is 2. The van der Waals surface area contributed by atoms with E-state index in [1.807, 2.05) is 12.1 Å². The third-order valence-corrected chi connectivity index (χ3v) is 4.45. The Balaban J connectivity index is 1.55. The molecule has 1 amide bonds. The molecule has 1 aliphatic heterocycles. The van der Waals surface area contributed by atoms with Gasteiger partial charge in [0.1, 0.15) is 5.75 Å². The van der Waals surface area contributed by atoms with Crippen molar-refractivity contribution in [2.45, 2.75) is 13.2 Å². The molecule has 1 fully saturated rings. The lowest BCUT2D eigenvalue weighted by atomic mass is 10.1. The van der Waals surface area contributed by atoms with Crippen molar-refractivity contribution in [3.8, 4) is 11.8 Å². The molecular weight excluding hydrogens is 352 g/mol. The van der Waals surface area contributed by atoms with Crippen LogP contribution in [-0.4, -0.2) is 48.5 Å². The maximum Gasteiger partial charge on any atom is 0.387 e. The van der Waals surface area contributed by atoms with E-state index in [9.17, 15) is 13.6 Å². The molecule has 2 aromatic carbocycles. The topological polar surface area (TPSA) is 56.6 Å². The van der Waals surface area contributed by atoms with Gasteiger partial charge in [-0.2, -0.15) is 14.0 Å². The van der Waals surface area contributed by atoms with Crippen LogP contribution in [-0.2, 0) is 6.54 Å². The minimum atomic E-state index is -2.92. The number of hydrogen-bond acceptors (Lipinski definition) is 4. The summed E-state index contributed by atoms with van der Waals surface area (Å²) in [5, 5.41) is 8.84. The zero-order valence-corrected chi connectivity index (χ0v) is 14.6. The average Bonchev–Trinajstić information content (AvgIpc) is 2.68. The summed E-state index contributed by atoms with van der Waals surface area (Å²) in [7, 11) is 0. The molecule has 0 atom stereocenters. The Hall–Kier alpha value is -2.98. The third-order valence-electron chi connectivity index (χ3n) is 4.45. The molecule has 27 heavy (non-hydrogen) atoms. The number of piperazine rings is 1. The molecule has 7 heteroatoms. The van der Waals surface area contributed by atoms with E-state index in [-0.39, 0.29) is 11.7 Å². The molecule has 1 saturated heterocycles. The Labute approximate surface area is 156 Å². The molecule has 2 aromatic rings. The van der Waals surface area contributed by atoms with Crippen molar-refractivity contribution >= 4 is 5.91 Å². The Morgan fingerprint density at radius 2 is 1.81 bits per heavy atom. The summed E-state index contributed by atoms with van der Waals surface area (Å²) in [6.45, 7) is 0.411. The lowest BCUT2D eigenvalue weighted by molar-refractivity contribution is -0.0499. The van der Waals surface area contributed by atoms with E-state index < -0.39 is 6.61 Å². The van der Waals surface area contributed by atoms with E-state index >= 15 is 0 Å². The van der Waals surface area contributed by atoms with Gasteiger partial charge in [-0.05, 0) is 35.9 Å². The van der Waals surface area contributed by atoms with Crippen LogP contribution in [0.15, 0.2) is 48.5 Å². The smallest absolute Gasteiger partial charge is 0.387 e. The highest BCUT2D eigenvalue weighted by atomic mass is 19.3. The van der Waals surface area contributed by atoms with Gasteiger partial charge >= 0.3 is 6.61 Å². The van der Waals surface area contributed by atoms with Gasteiger partial charge in [-0.25, -0.2) is 0 Å². The molecule has 0 N–H and O–H groups in total. The van der Waals surface area contributed by atoms with Crippen LogP contribution in [0.1, 0.15) is 21.5 Å². The van der Waals surface area contributed by atoms with Gasteiger partial charge < -0.3 is 9.64 Å². The number of hydrogen-bond donors (Lipinski definition) is 0. The first-order valence-electron chi connectivity index (χ1n) is 8.61. The fourth-order valence-corrected chi connectivity index (χ4v) is 3.04. The highest BCUT2D eigenvalue weighted by molar-refractivity contribution is 5.94. The molecule has 0 aromatic heterocycles. The van der Waals surface area contributed by atoms with Crippen LogP contribution in [0.3, 0.4) is 0 Å². The highest BCUT2D eigenvalue weighted by Gasteiger charge is 2.22.